The van der Waals surface area contributed by atoms with E-state index >= 15 is 0 Å². The van der Waals surface area contributed by atoms with Crippen molar-refractivity contribution >= 4 is 11.7 Å². The quantitative estimate of drug-likeness (QED) is 0.787. The Labute approximate surface area is 136 Å². The molecule has 7 heteroatoms. The van der Waals surface area contributed by atoms with Crippen LogP contribution in [0.4, 0.5) is 5.82 Å². The van der Waals surface area contributed by atoms with Gasteiger partial charge in [0, 0.05) is 44.6 Å². The van der Waals surface area contributed by atoms with Crippen LogP contribution in [0.25, 0.3) is 0 Å². The number of nitrogens with one attached hydrogen (secondary N) is 2. The van der Waals surface area contributed by atoms with Crippen LogP contribution in [0.5, 0.6) is 0 Å². The molecule has 0 spiro atoms. The standard InChI is InChI=1S/C16H25N5O2/c22-16(19-13-5-9-23-10-6-13)12-17-11-14-3-2-8-21(14)15-4-1-7-18-20-15/h1,4,7,13-14,17H,2-3,5-6,8-12H2,(H,19,22). The number of carbonyl (C=O) groups excluding carboxylic acids is 1. The third-order valence-electron chi connectivity index (χ3n) is 4.48. The second-order valence-corrected chi connectivity index (χ2v) is 6.16. The summed E-state index contributed by atoms with van der Waals surface area (Å²) in [5.41, 5.74) is 0. The molecule has 3 heterocycles. The highest BCUT2D eigenvalue weighted by atomic mass is 16.5. The van der Waals surface area contributed by atoms with Crippen molar-refractivity contribution in [2.45, 2.75) is 37.8 Å². The predicted octanol–water partition coefficient (Wildman–Crippen LogP) is 0.330. The first-order chi connectivity index (χ1) is 11.3. The van der Waals surface area contributed by atoms with E-state index in [4.69, 9.17) is 4.74 Å². The lowest BCUT2D eigenvalue weighted by Gasteiger charge is -2.26. The number of carbonyl (C=O) groups is 1. The van der Waals surface area contributed by atoms with Crippen molar-refractivity contribution in [3.05, 3.63) is 18.3 Å². The molecule has 0 aromatic carbocycles. The summed E-state index contributed by atoms with van der Waals surface area (Å²) in [7, 11) is 0. The monoisotopic (exact) mass is 319 g/mol. The van der Waals surface area contributed by atoms with Gasteiger partial charge in [0.05, 0.1) is 6.54 Å². The molecule has 1 aromatic rings. The van der Waals surface area contributed by atoms with Crippen LogP contribution in [0, 0.1) is 0 Å². The topological polar surface area (TPSA) is 79.4 Å². The van der Waals surface area contributed by atoms with Gasteiger partial charge in [0.2, 0.25) is 5.91 Å². The maximum Gasteiger partial charge on any atom is 0.234 e. The van der Waals surface area contributed by atoms with Crippen LogP contribution >= 0.6 is 0 Å². The summed E-state index contributed by atoms with van der Waals surface area (Å²) in [6.45, 7) is 3.64. The van der Waals surface area contributed by atoms with Crippen LogP contribution in [0.2, 0.25) is 0 Å². The highest BCUT2D eigenvalue weighted by molar-refractivity contribution is 5.78. The molecular formula is C16H25N5O2. The Morgan fingerprint density at radius 2 is 2.22 bits per heavy atom. The minimum absolute atomic E-state index is 0.0703. The molecule has 0 saturated carbocycles. The van der Waals surface area contributed by atoms with E-state index in [9.17, 15) is 4.79 Å². The second-order valence-electron chi connectivity index (χ2n) is 6.16. The van der Waals surface area contributed by atoms with Crippen LogP contribution in [-0.2, 0) is 9.53 Å². The lowest BCUT2D eigenvalue weighted by atomic mass is 10.1. The van der Waals surface area contributed by atoms with Gasteiger partial charge in [-0.25, -0.2) is 0 Å². The molecule has 7 nitrogen and oxygen atoms in total. The molecule has 126 valence electrons. The summed E-state index contributed by atoms with van der Waals surface area (Å²) in [5.74, 6) is 0.990. The molecule has 1 aromatic heterocycles. The maximum absolute atomic E-state index is 12.0. The number of amides is 1. The van der Waals surface area contributed by atoms with Crippen molar-refractivity contribution in [3.8, 4) is 0 Å². The van der Waals surface area contributed by atoms with E-state index in [1.165, 1.54) is 0 Å². The fourth-order valence-electron chi connectivity index (χ4n) is 3.27. The summed E-state index contributed by atoms with van der Waals surface area (Å²) in [6, 6.07) is 4.54. The van der Waals surface area contributed by atoms with Crippen molar-refractivity contribution in [2.24, 2.45) is 0 Å². The molecule has 2 aliphatic rings. The van der Waals surface area contributed by atoms with Crippen LogP contribution < -0.4 is 15.5 Å². The molecule has 0 bridgehead atoms. The molecule has 3 rings (SSSR count). The maximum atomic E-state index is 12.0. The number of ether oxygens (including phenoxy) is 1. The fraction of sp³-hybridized carbons (Fsp3) is 0.688. The molecule has 0 aliphatic carbocycles. The number of hydrogen-bond acceptors (Lipinski definition) is 6. The van der Waals surface area contributed by atoms with Crippen LogP contribution in [0.3, 0.4) is 0 Å². The van der Waals surface area contributed by atoms with Gasteiger partial charge in [-0.1, -0.05) is 0 Å². The molecule has 2 saturated heterocycles. The summed E-state index contributed by atoms with van der Waals surface area (Å²) in [4.78, 5) is 14.3. The second kappa shape index (κ2) is 8.21. The van der Waals surface area contributed by atoms with Gasteiger partial charge >= 0.3 is 0 Å². The van der Waals surface area contributed by atoms with E-state index in [-0.39, 0.29) is 11.9 Å². The van der Waals surface area contributed by atoms with E-state index in [0.717, 1.165) is 57.8 Å². The highest BCUT2D eigenvalue weighted by Gasteiger charge is 2.25. The van der Waals surface area contributed by atoms with E-state index in [2.05, 4.69) is 25.7 Å². The Hall–Kier alpha value is -1.73. The minimum atomic E-state index is 0.0703. The Morgan fingerprint density at radius 1 is 1.35 bits per heavy atom. The first kappa shape index (κ1) is 16.1. The van der Waals surface area contributed by atoms with Gasteiger partial charge in [-0.2, -0.15) is 5.10 Å². The van der Waals surface area contributed by atoms with Crippen molar-refractivity contribution in [1.82, 2.24) is 20.8 Å². The fourth-order valence-corrected chi connectivity index (χ4v) is 3.27. The zero-order valence-electron chi connectivity index (χ0n) is 13.4. The minimum Gasteiger partial charge on any atom is -0.381 e. The van der Waals surface area contributed by atoms with Gasteiger partial charge in [0.1, 0.15) is 0 Å². The number of aromatic nitrogens is 2. The summed E-state index contributed by atoms with van der Waals surface area (Å²) >= 11 is 0. The Balaban J connectivity index is 1.40. The number of rotatable bonds is 6. The van der Waals surface area contributed by atoms with Crippen molar-refractivity contribution in [1.29, 1.82) is 0 Å². The largest absolute Gasteiger partial charge is 0.381 e. The molecule has 2 fully saturated rings. The van der Waals surface area contributed by atoms with E-state index in [1.807, 2.05) is 12.1 Å². The van der Waals surface area contributed by atoms with Crippen molar-refractivity contribution < 1.29 is 9.53 Å². The Morgan fingerprint density at radius 3 is 3.00 bits per heavy atom. The van der Waals surface area contributed by atoms with Gasteiger partial charge in [-0.15, -0.1) is 5.10 Å². The number of hydrogen-bond donors (Lipinski definition) is 2. The summed E-state index contributed by atoms with van der Waals surface area (Å²) in [5, 5.41) is 14.5. The summed E-state index contributed by atoms with van der Waals surface area (Å²) in [6.07, 6.45) is 5.78. The number of anilines is 1. The smallest absolute Gasteiger partial charge is 0.234 e. The molecular weight excluding hydrogens is 294 g/mol. The van der Waals surface area contributed by atoms with Crippen molar-refractivity contribution in [2.75, 3.05) is 37.7 Å². The third kappa shape index (κ3) is 4.62. The first-order valence-corrected chi connectivity index (χ1v) is 8.45. The predicted molar refractivity (Wildman–Crippen MR) is 87.3 cm³/mol. The lowest BCUT2D eigenvalue weighted by Crippen LogP contribution is -2.45. The first-order valence-electron chi connectivity index (χ1n) is 8.45. The average Bonchev–Trinajstić information content (AvgIpc) is 3.05. The van der Waals surface area contributed by atoms with Crippen molar-refractivity contribution in [3.63, 3.8) is 0 Å². The lowest BCUT2D eigenvalue weighted by molar-refractivity contribution is -0.121. The molecule has 2 N–H and O–H groups in total. The van der Waals surface area contributed by atoms with Crippen LogP contribution in [0.1, 0.15) is 25.7 Å². The van der Waals surface area contributed by atoms with Gasteiger partial charge in [0.15, 0.2) is 5.82 Å². The zero-order valence-corrected chi connectivity index (χ0v) is 13.4. The normalized spacial score (nSPS) is 22.3. The van der Waals surface area contributed by atoms with Crippen LogP contribution in [0.15, 0.2) is 18.3 Å². The molecule has 2 aliphatic heterocycles. The molecule has 1 amide bonds. The molecule has 23 heavy (non-hydrogen) atoms. The summed E-state index contributed by atoms with van der Waals surface area (Å²) < 4.78 is 5.30. The Kier molecular flexibility index (Phi) is 5.76. The average molecular weight is 319 g/mol. The Bertz CT molecular complexity index is 493. The van der Waals surface area contributed by atoms with E-state index < -0.39 is 0 Å². The zero-order chi connectivity index (χ0) is 15.9. The number of nitrogens with zero attached hydrogens (tertiary/aromatic N) is 3. The SMILES string of the molecule is O=C(CNCC1CCCN1c1cccnn1)NC1CCOCC1. The third-order valence-corrected chi connectivity index (χ3v) is 4.48. The highest BCUT2D eigenvalue weighted by Crippen LogP contribution is 2.22. The van der Waals surface area contributed by atoms with Gasteiger partial charge < -0.3 is 20.3 Å². The molecule has 0 radical (unpaired) electrons. The van der Waals surface area contributed by atoms with Gasteiger partial charge in [-0.3, -0.25) is 4.79 Å². The van der Waals surface area contributed by atoms with Crippen LogP contribution in [-0.4, -0.2) is 61.0 Å². The van der Waals surface area contributed by atoms with Gasteiger partial charge in [0.25, 0.3) is 0 Å². The van der Waals surface area contributed by atoms with E-state index in [1.54, 1.807) is 6.20 Å². The molecule has 1 unspecified atom stereocenters. The molecule has 1 atom stereocenters. The van der Waals surface area contributed by atoms with Gasteiger partial charge in [-0.05, 0) is 37.8 Å². The van der Waals surface area contributed by atoms with E-state index in [0.29, 0.717) is 12.6 Å².